The Balaban J connectivity index is 2.27. The molecule has 0 heterocycles. The molecule has 3 heteroatoms. The molecule has 0 saturated heterocycles. The first kappa shape index (κ1) is 24.8. The van der Waals surface area contributed by atoms with Crippen LogP contribution in [0.1, 0.15) is 102 Å². The molecule has 1 rings (SSSR count). The van der Waals surface area contributed by atoms with E-state index < -0.39 is 0 Å². The van der Waals surface area contributed by atoms with Crippen molar-refractivity contribution in [1.82, 2.24) is 0 Å². The predicted molar refractivity (Wildman–Crippen MR) is 126 cm³/mol. The number of hydrogen-bond acceptors (Lipinski definition) is 3. The lowest BCUT2D eigenvalue weighted by atomic mass is 10.1. The maximum absolute atomic E-state index is 10.4. The molecule has 0 amide bonds. The number of aromatic hydroxyl groups is 1. The van der Waals surface area contributed by atoms with Gasteiger partial charge in [-0.1, -0.05) is 78.1 Å². The molecule has 0 radical (unpaired) electrons. The molecule has 0 aliphatic carbocycles. The molecule has 1 N–H and O–H groups in total. The van der Waals surface area contributed by atoms with Gasteiger partial charge in [0.1, 0.15) is 5.75 Å². The molecule has 0 fully saturated rings. The molecular formula is C24H42OS2. The highest BCUT2D eigenvalue weighted by Gasteiger charge is 2.08. The van der Waals surface area contributed by atoms with Gasteiger partial charge in [-0.25, -0.2) is 0 Å². The van der Waals surface area contributed by atoms with Crippen molar-refractivity contribution in [2.75, 3.05) is 11.5 Å². The zero-order valence-corrected chi connectivity index (χ0v) is 19.7. The molecule has 0 bridgehead atoms. The summed E-state index contributed by atoms with van der Waals surface area (Å²) in [5.74, 6) is 3.85. The molecule has 27 heavy (non-hydrogen) atoms. The van der Waals surface area contributed by atoms with Crippen LogP contribution in [0.15, 0.2) is 17.0 Å². The highest BCUT2D eigenvalue weighted by atomic mass is 32.2. The average Bonchev–Trinajstić information content (AvgIpc) is 2.66. The summed E-state index contributed by atoms with van der Waals surface area (Å²) in [6, 6.07) is 4.37. The highest BCUT2D eigenvalue weighted by Crippen LogP contribution is 2.32. The Bertz CT molecular complexity index is 488. The molecule has 0 unspecified atom stereocenters. The summed E-state index contributed by atoms with van der Waals surface area (Å²) in [7, 11) is 0. The molecule has 0 saturated carbocycles. The van der Waals surface area contributed by atoms with Gasteiger partial charge >= 0.3 is 0 Å². The number of hydrogen-bond donors (Lipinski definition) is 1. The van der Waals surface area contributed by atoms with Crippen molar-refractivity contribution in [2.45, 2.75) is 108 Å². The first-order chi connectivity index (χ1) is 13.2. The fraction of sp³-hybridized carbons (Fsp3) is 0.750. The van der Waals surface area contributed by atoms with Crippen molar-refractivity contribution in [3.63, 3.8) is 0 Å². The number of phenolic OH excluding ortho intramolecular Hbond substituents is 1. The maximum atomic E-state index is 10.4. The third-order valence-corrected chi connectivity index (χ3v) is 7.17. The van der Waals surface area contributed by atoms with Gasteiger partial charge in [0.2, 0.25) is 0 Å². The van der Waals surface area contributed by atoms with E-state index in [2.05, 4.69) is 26.0 Å². The minimum Gasteiger partial charge on any atom is -0.507 e. The van der Waals surface area contributed by atoms with Crippen LogP contribution in [-0.2, 0) is 5.75 Å². The molecule has 1 aromatic carbocycles. The molecule has 0 aliphatic heterocycles. The summed E-state index contributed by atoms with van der Waals surface area (Å²) >= 11 is 3.93. The van der Waals surface area contributed by atoms with Crippen LogP contribution in [0.4, 0.5) is 0 Å². The van der Waals surface area contributed by atoms with Crippen molar-refractivity contribution in [1.29, 1.82) is 0 Å². The van der Waals surface area contributed by atoms with E-state index in [0.717, 1.165) is 16.9 Å². The summed E-state index contributed by atoms with van der Waals surface area (Å²) in [4.78, 5) is 1.33. The van der Waals surface area contributed by atoms with Crippen molar-refractivity contribution in [2.24, 2.45) is 0 Å². The van der Waals surface area contributed by atoms with Gasteiger partial charge in [0.15, 0.2) is 0 Å². The Hall–Kier alpha value is -0.280. The van der Waals surface area contributed by atoms with E-state index in [1.54, 1.807) is 0 Å². The van der Waals surface area contributed by atoms with Crippen molar-refractivity contribution in [3.05, 3.63) is 23.3 Å². The second kappa shape index (κ2) is 16.7. The molecule has 0 aromatic heterocycles. The van der Waals surface area contributed by atoms with Gasteiger partial charge in [-0.3, -0.25) is 0 Å². The largest absolute Gasteiger partial charge is 0.507 e. The maximum Gasteiger partial charge on any atom is 0.122 e. The van der Waals surface area contributed by atoms with Crippen LogP contribution in [0.2, 0.25) is 0 Å². The van der Waals surface area contributed by atoms with E-state index >= 15 is 0 Å². The summed E-state index contributed by atoms with van der Waals surface area (Å²) in [5.41, 5.74) is 2.15. The molecule has 156 valence electrons. The normalized spacial score (nSPS) is 11.2. The Labute approximate surface area is 177 Å². The summed E-state index contributed by atoms with van der Waals surface area (Å²) in [6.45, 7) is 6.57. The predicted octanol–water partition coefficient (Wildman–Crippen LogP) is 8.75. The number of unbranched alkanes of at least 4 members (excludes halogenated alkanes) is 10. The number of phenols is 1. The molecule has 0 aliphatic rings. The second-order valence-corrected chi connectivity index (χ2v) is 9.96. The lowest BCUT2D eigenvalue weighted by Gasteiger charge is -2.11. The minimum absolute atomic E-state index is 0.509. The quantitative estimate of drug-likeness (QED) is 0.205. The Morgan fingerprint density at radius 3 is 1.93 bits per heavy atom. The molecule has 1 nitrogen and oxygen atoms in total. The first-order valence-corrected chi connectivity index (χ1v) is 13.4. The smallest absolute Gasteiger partial charge is 0.122 e. The fourth-order valence-electron chi connectivity index (χ4n) is 3.25. The van der Waals surface area contributed by atoms with Crippen LogP contribution >= 0.6 is 23.5 Å². The zero-order chi connectivity index (χ0) is 19.7. The molecule has 0 atom stereocenters. The molecular weight excluding hydrogens is 368 g/mol. The van der Waals surface area contributed by atoms with Gasteiger partial charge in [-0.2, -0.15) is 11.8 Å². The molecule has 0 spiro atoms. The van der Waals surface area contributed by atoms with Crippen LogP contribution < -0.4 is 0 Å². The van der Waals surface area contributed by atoms with Gasteiger partial charge < -0.3 is 5.11 Å². The average molecular weight is 411 g/mol. The van der Waals surface area contributed by atoms with Gasteiger partial charge in [0, 0.05) is 16.2 Å². The van der Waals surface area contributed by atoms with E-state index in [9.17, 15) is 5.11 Å². The van der Waals surface area contributed by atoms with Crippen molar-refractivity contribution >= 4 is 23.5 Å². The number of aryl methyl sites for hydroxylation is 1. The van der Waals surface area contributed by atoms with Crippen LogP contribution in [0.25, 0.3) is 0 Å². The minimum atomic E-state index is 0.509. The monoisotopic (exact) mass is 410 g/mol. The van der Waals surface area contributed by atoms with Gasteiger partial charge in [-0.05, 0) is 49.0 Å². The van der Waals surface area contributed by atoms with Crippen LogP contribution in [-0.4, -0.2) is 16.6 Å². The van der Waals surface area contributed by atoms with Crippen LogP contribution in [0.5, 0.6) is 5.75 Å². The van der Waals surface area contributed by atoms with E-state index in [4.69, 9.17) is 0 Å². The van der Waals surface area contributed by atoms with Crippen LogP contribution in [0.3, 0.4) is 0 Å². The SMILES string of the molecule is CCCCCCCCSCc1cc(SCCCCCCCC)cc(C)c1O. The Morgan fingerprint density at radius 1 is 0.741 bits per heavy atom. The van der Waals surface area contributed by atoms with E-state index in [1.807, 2.05) is 30.4 Å². The topological polar surface area (TPSA) is 20.2 Å². The lowest BCUT2D eigenvalue weighted by molar-refractivity contribution is 0.466. The standard InChI is InChI=1S/C24H42OS2/c1-4-6-8-10-12-14-16-26-20-22-19-23(18-21(3)24(22)25)27-17-15-13-11-9-7-5-2/h18-19,25H,4-17,20H2,1-3H3. The highest BCUT2D eigenvalue weighted by molar-refractivity contribution is 7.99. The number of rotatable bonds is 17. The van der Waals surface area contributed by atoms with Gasteiger partial charge in [-0.15, -0.1) is 11.8 Å². The Kier molecular flexibility index (Phi) is 15.3. The van der Waals surface area contributed by atoms with E-state index in [-0.39, 0.29) is 0 Å². The van der Waals surface area contributed by atoms with E-state index in [0.29, 0.717) is 5.75 Å². The van der Waals surface area contributed by atoms with Crippen molar-refractivity contribution in [3.8, 4) is 5.75 Å². The van der Waals surface area contributed by atoms with Gasteiger partial charge in [0.05, 0.1) is 0 Å². The summed E-state index contributed by atoms with van der Waals surface area (Å²) < 4.78 is 0. The second-order valence-electron chi connectivity index (χ2n) is 7.68. The summed E-state index contributed by atoms with van der Waals surface area (Å²) in [5, 5.41) is 10.4. The fourth-order valence-corrected chi connectivity index (χ4v) is 5.31. The van der Waals surface area contributed by atoms with E-state index in [1.165, 1.54) is 93.5 Å². The zero-order valence-electron chi connectivity index (χ0n) is 18.0. The lowest BCUT2D eigenvalue weighted by Crippen LogP contribution is -1.90. The van der Waals surface area contributed by atoms with Gasteiger partial charge in [0.25, 0.3) is 0 Å². The third kappa shape index (κ3) is 12.0. The van der Waals surface area contributed by atoms with Crippen LogP contribution in [0, 0.1) is 6.92 Å². The molecule has 1 aromatic rings. The van der Waals surface area contributed by atoms with Crippen molar-refractivity contribution < 1.29 is 5.11 Å². The third-order valence-electron chi connectivity index (χ3n) is 5.02. The Morgan fingerprint density at radius 2 is 1.30 bits per heavy atom. The first-order valence-electron chi connectivity index (χ1n) is 11.2. The number of thioether (sulfide) groups is 2. The summed E-state index contributed by atoms with van der Waals surface area (Å²) in [6.07, 6.45) is 16.2. The number of benzene rings is 1.